The van der Waals surface area contributed by atoms with Gasteiger partial charge in [-0.2, -0.15) is 4.98 Å². The molecule has 3 aromatic rings. The summed E-state index contributed by atoms with van der Waals surface area (Å²) in [7, 11) is 0. The maximum absolute atomic E-state index is 5.42. The lowest BCUT2D eigenvalue weighted by molar-refractivity contribution is 0.432. The van der Waals surface area contributed by atoms with Crippen LogP contribution in [0.5, 0.6) is 0 Å². The lowest BCUT2D eigenvalue weighted by Gasteiger charge is -2.18. The van der Waals surface area contributed by atoms with Crippen LogP contribution in [0.3, 0.4) is 0 Å². The van der Waals surface area contributed by atoms with Crippen molar-refractivity contribution in [2.75, 3.05) is 0 Å². The van der Waals surface area contributed by atoms with Gasteiger partial charge in [0.2, 0.25) is 5.82 Å². The molecule has 0 radical (unpaired) electrons. The molecule has 0 aliphatic carbocycles. The molecule has 0 aliphatic rings. The number of rotatable bonds is 2. The van der Waals surface area contributed by atoms with Gasteiger partial charge in [-0.25, -0.2) is 0 Å². The minimum Gasteiger partial charge on any atom is -0.334 e. The van der Waals surface area contributed by atoms with Crippen LogP contribution < -0.4 is 0 Å². The summed E-state index contributed by atoms with van der Waals surface area (Å²) in [4.78, 5) is 4.53. The number of aryl methyl sites for hydroxylation is 1. The minimum atomic E-state index is 0.139. The molecule has 0 spiro atoms. The highest BCUT2D eigenvalue weighted by molar-refractivity contribution is 5.62. The van der Waals surface area contributed by atoms with Crippen molar-refractivity contribution in [1.82, 2.24) is 10.1 Å². The number of aromatic nitrogens is 2. The summed E-state index contributed by atoms with van der Waals surface area (Å²) in [5.74, 6) is 1.19. The van der Waals surface area contributed by atoms with Crippen LogP contribution in [0, 0.1) is 6.92 Å². The van der Waals surface area contributed by atoms with Crippen LogP contribution in [0.25, 0.3) is 22.8 Å². The van der Waals surface area contributed by atoms with Gasteiger partial charge >= 0.3 is 0 Å². The normalized spacial score (nSPS) is 11.6. The van der Waals surface area contributed by atoms with Crippen molar-refractivity contribution in [3.05, 3.63) is 59.7 Å². The molecule has 3 rings (SSSR count). The Morgan fingerprint density at radius 3 is 2.23 bits per heavy atom. The van der Waals surface area contributed by atoms with E-state index < -0.39 is 0 Å². The van der Waals surface area contributed by atoms with Gasteiger partial charge in [0.15, 0.2) is 0 Å². The van der Waals surface area contributed by atoms with Crippen LogP contribution in [0.4, 0.5) is 0 Å². The zero-order valence-electron chi connectivity index (χ0n) is 13.4. The van der Waals surface area contributed by atoms with Crippen molar-refractivity contribution in [1.29, 1.82) is 0 Å². The van der Waals surface area contributed by atoms with Crippen molar-refractivity contribution < 1.29 is 4.52 Å². The average molecular weight is 292 g/mol. The number of benzene rings is 2. The number of hydrogen-bond donors (Lipinski definition) is 0. The average Bonchev–Trinajstić information content (AvgIpc) is 2.96. The molecule has 0 unspecified atom stereocenters. The second kappa shape index (κ2) is 5.41. The molecule has 0 aliphatic heterocycles. The Balaban J connectivity index is 1.93. The van der Waals surface area contributed by atoms with Gasteiger partial charge < -0.3 is 4.52 Å². The fourth-order valence-electron chi connectivity index (χ4n) is 2.39. The first-order valence-corrected chi connectivity index (χ1v) is 7.46. The Morgan fingerprint density at radius 2 is 1.59 bits per heavy atom. The molecule has 0 N–H and O–H groups in total. The molecular weight excluding hydrogens is 272 g/mol. The van der Waals surface area contributed by atoms with Crippen LogP contribution in [-0.4, -0.2) is 10.1 Å². The highest BCUT2D eigenvalue weighted by atomic mass is 16.5. The van der Waals surface area contributed by atoms with E-state index in [1.54, 1.807) is 0 Å². The van der Waals surface area contributed by atoms with Gasteiger partial charge in [-0.3, -0.25) is 0 Å². The molecule has 0 atom stereocenters. The van der Waals surface area contributed by atoms with Crippen LogP contribution in [-0.2, 0) is 5.41 Å². The third-order valence-corrected chi connectivity index (χ3v) is 3.81. The predicted octanol–water partition coefficient (Wildman–Crippen LogP) is 5.01. The quantitative estimate of drug-likeness (QED) is 0.666. The van der Waals surface area contributed by atoms with E-state index in [-0.39, 0.29) is 5.41 Å². The number of hydrogen-bond acceptors (Lipinski definition) is 3. The minimum absolute atomic E-state index is 0.139. The van der Waals surface area contributed by atoms with E-state index in [2.05, 4.69) is 43.0 Å². The monoisotopic (exact) mass is 292 g/mol. The lowest BCUT2D eigenvalue weighted by Crippen LogP contribution is -2.10. The summed E-state index contributed by atoms with van der Waals surface area (Å²) in [5, 5.41) is 4.11. The molecule has 112 valence electrons. The Kier molecular flexibility index (Phi) is 3.57. The van der Waals surface area contributed by atoms with Crippen molar-refractivity contribution in [3.63, 3.8) is 0 Å². The van der Waals surface area contributed by atoms with E-state index in [0.717, 1.165) is 16.7 Å². The first-order valence-electron chi connectivity index (χ1n) is 7.46. The third-order valence-electron chi connectivity index (χ3n) is 3.81. The topological polar surface area (TPSA) is 38.9 Å². The second-order valence-corrected chi connectivity index (χ2v) is 6.57. The largest absolute Gasteiger partial charge is 0.334 e. The smallest absolute Gasteiger partial charge is 0.258 e. The fourth-order valence-corrected chi connectivity index (χ4v) is 2.39. The molecule has 0 saturated heterocycles. The van der Waals surface area contributed by atoms with E-state index >= 15 is 0 Å². The molecule has 3 nitrogen and oxygen atoms in total. The van der Waals surface area contributed by atoms with Gasteiger partial charge in [-0.1, -0.05) is 62.3 Å². The summed E-state index contributed by atoms with van der Waals surface area (Å²) in [6.07, 6.45) is 0. The fraction of sp³-hybridized carbons (Fsp3) is 0.263. The summed E-state index contributed by atoms with van der Waals surface area (Å²) >= 11 is 0. The van der Waals surface area contributed by atoms with Crippen LogP contribution >= 0.6 is 0 Å². The highest BCUT2D eigenvalue weighted by Gasteiger charge is 2.15. The highest BCUT2D eigenvalue weighted by Crippen LogP contribution is 2.27. The molecule has 2 aromatic carbocycles. The summed E-state index contributed by atoms with van der Waals surface area (Å²) in [5.41, 5.74) is 4.51. The van der Waals surface area contributed by atoms with Crippen LogP contribution in [0.15, 0.2) is 53.1 Å². The van der Waals surface area contributed by atoms with E-state index in [0.29, 0.717) is 11.7 Å². The Hall–Kier alpha value is -2.42. The van der Waals surface area contributed by atoms with E-state index in [4.69, 9.17) is 4.52 Å². The molecule has 22 heavy (non-hydrogen) atoms. The summed E-state index contributed by atoms with van der Waals surface area (Å²) in [6, 6.07) is 16.4. The lowest BCUT2D eigenvalue weighted by atomic mass is 9.87. The van der Waals surface area contributed by atoms with E-state index in [9.17, 15) is 0 Å². The molecular formula is C19H20N2O. The first-order chi connectivity index (χ1) is 10.4. The molecule has 3 heteroatoms. The zero-order chi connectivity index (χ0) is 15.7. The SMILES string of the molecule is Cc1ccccc1-c1noc(-c2ccc(C(C)(C)C)cc2)n1. The van der Waals surface area contributed by atoms with Crippen molar-refractivity contribution in [2.45, 2.75) is 33.1 Å². The molecule has 1 heterocycles. The van der Waals surface area contributed by atoms with Crippen molar-refractivity contribution in [2.24, 2.45) is 0 Å². The van der Waals surface area contributed by atoms with Gasteiger partial charge in [-0.05, 0) is 35.6 Å². The molecule has 1 aromatic heterocycles. The molecule has 0 fully saturated rings. The predicted molar refractivity (Wildman–Crippen MR) is 88.6 cm³/mol. The van der Waals surface area contributed by atoms with Crippen LogP contribution in [0.2, 0.25) is 0 Å². The van der Waals surface area contributed by atoms with Gasteiger partial charge in [0.25, 0.3) is 5.89 Å². The molecule has 0 amide bonds. The maximum atomic E-state index is 5.42. The molecule has 0 bridgehead atoms. The number of nitrogens with zero attached hydrogens (tertiary/aromatic N) is 2. The molecule has 0 saturated carbocycles. The zero-order valence-corrected chi connectivity index (χ0v) is 13.4. The Bertz CT molecular complexity index is 780. The third kappa shape index (κ3) is 2.80. The van der Waals surface area contributed by atoms with Gasteiger partial charge in [0.05, 0.1) is 0 Å². The van der Waals surface area contributed by atoms with Gasteiger partial charge in [0, 0.05) is 11.1 Å². The standard InChI is InChI=1S/C19H20N2O/c1-13-7-5-6-8-16(13)17-20-18(22-21-17)14-9-11-15(12-10-14)19(2,3)4/h5-12H,1-4H3. The summed E-state index contributed by atoms with van der Waals surface area (Å²) < 4.78 is 5.42. The Labute approximate surface area is 131 Å². The second-order valence-electron chi connectivity index (χ2n) is 6.57. The van der Waals surface area contributed by atoms with Gasteiger partial charge in [0.1, 0.15) is 0 Å². The van der Waals surface area contributed by atoms with Crippen molar-refractivity contribution >= 4 is 0 Å². The Morgan fingerprint density at radius 1 is 0.909 bits per heavy atom. The first kappa shape index (κ1) is 14.5. The van der Waals surface area contributed by atoms with Crippen LogP contribution in [0.1, 0.15) is 31.9 Å². The van der Waals surface area contributed by atoms with E-state index in [1.165, 1.54) is 5.56 Å². The summed E-state index contributed by atoms with van der Waals surface area (Å²) in [6.45, 7) is 8.64. The maximum Gasteiger partial charge on any atom is 0.258 e. The van der Waals surface area contributed by atoms with E-state index in [1.807, 2.05) is 43.3 Å². The van der Waals surface area contributed by atoms with Crippen molar-refractivity contribution in [3.8, 4) is 22.8 Å². The van der Waals surface area contributed by atoms with Gasteiger partial charge in [-0.15, -0.1) is 0 Å².